The molecule has 0 radical (unpaired) electrons. The molecule has 3 aromatic rings. The van der Waals surface area contributed by atoms with E-state index >= 15 is 0 Å². The molecular weight excluding hydrogens is 697 g/mol. The number of benzene rings is 2. The predicted octanol–water partition coefficient (Wildman–Crippen LogP) is 5.73. The van der Waals surface area contributed by atoms with Crippen LogP contribution in [0.4, 0.5) is 16.1 Å². The lowest BCUT2D eigenvalue weighted by atomic mass is 9.74. The second-order valence-electron chi connectivity index (χ2n) is 10.7. The Morgan fingerprint density at radius 2 is 1.89 bits per heavy atom. The Kier molecular flexibility index (Phi) is 7.41. The van der Waals surface area contributed by atoms with Gasteiger partial charge in [0.1, 0.15) is 5.82 Å². The van der Waals surface area contributed by atoms with Crippen molar-refractivity contribution in [3.8, 4) is 11.3 Å². The first-order valence-electron chi connectivity index (χ1n) is 13.0. The maximum Gasteiger partial charge on any atom is 0.297 e. The molecule has 196 valence electrons. The lowest BCUT2D eigenvalue weighted by molar-refractivity contribution is 0.0385. The van der Waals surface area contributed by atoms with E-state index in [-0.39, 0.29) is 23.3 Å². The average molecular weight is 728 g/mol. The molecule has 9 heteroatoms. The van der Waals surface area contributed by atoms with Crippen molar-refractivity contribution in [2.75, 3.05) is 49.5 Å². The number of hydrogen-bond donors (Lipinski definition) is 2. The van der Waals surface area contributed by atoms with Crippen LogP contribution >= 0.6 is 45.2 Å². The highest BCUT2D eigenvalue weighted by Gasteiger charge is 2.42. The third-order valence-corrected chi connectivity index (χ3v) is 9.98. The molecule has 6 nitrogen and oxygen atoms in total. The summed E-state index contributed by atoms with van der Waals surface area (Å²) in [7, 11) is 0. The summed E-state index contributed by atoms with van der Waals surface area (Å²) in [6.07, 6.45) is 5.51. The van der Waals surface area contributed by atoms with Gasteiger partial charge in [-0.15, -0.1) is 0 Å². The normalized spacial score (nSPS) is 20.7. The molecule has 0 aliphatic carbocycles. The molecule has 1 unspecified atom stereocenters. The quantitative estimate of drug-likeness (QED) is 0.328. The zero-order valence-corrected chi connectivity index (χ0v) is 24.9. The number of β-amino-alcohol motifs (C(OH)–C–C–N with tert-alkyl or cyclic N) is 1. The van der Waals surface area contributed by atoms with Crippen LogP contribution in [0, 0.1) is 18.9 Å². The Bertz CT molecular complexity index is 1270. The number of likely N-dealkylation sites (tertiary alicyclic amines) is 1. The van der Waals surface area contributed by atoms with Crippen LogP contribution in [0.3, 0.4) is 0 Å². The Labute approximate surface area is 244 Å². The molecule has 1 spiro atoms. The van der Waals surface area contributed by atoms with Gasteiger partial charge >= 0.3 is 0 Å². The lowest BCUT2D eigenvalue weighted by Gasteiger charge is -2.41. The van der Waals surface area contributed by atoms with E-state index in [2.05, 4.69) is 60.9 Å². The number of aliphatic hydroxyl groups excluding tert-OH is 1. The largest absolute Gasteiger partial charge is 0.423 e. The van der Waals surface area contributed by atoms with Crippen LogP contribution in [0.1, 0.15) is 31.2 Å². The highest BCUT2D eigenvalue weighted by atomic mass is 127. The second kappa shape index (κ2) is 10.6. The molecule has 6 rings (SSSR count). The molecule has 0 bridgehead atoms. The molecule has 1 atom stereocenters. The van der Waals surface area contributed by atoms with E-state index in [0.717, 1.165) is 70.5 Å². The smallest absolute Gasteiger partial charge is 0.297 e. The topological polar surface area (TPSA) is 64.8 Å². The first-order chi connectivity index (χ1) is 17.9. The molecule has 1 aromatic heterocycles. The number of oxazole rings is 1. The van der Waals surface area contributed by atoms with Gasteiger partial charge in [0, 0.05) is 50.0 Å². The molecule has 3 aliphatic heterocycles. The van der Waals surface area contributed by atoms with E-state index in [4.69, 9.17) is 4.42 Å². The summed E-state index contributed by atoms with van der Waals surface area (Å²) in [4.78, 5) is 9.08. The maximum atomic E-state index is 13.6. The number of aromatic nitrogens is 1. The highest BCUT2D eigenvalue weighted by molar-refractivity contribution is 14.1. The number of piperidine rings is 2. The average Bonchev–Trinajstić information content (AvgIpc) is 3.53. The fraction of sp³-hybridized carbons (Fsp3) is 0.464. The van der Waals surface area contributed by atoms with Crippen molar-refractivity contribution in [3.63, 3.8) is 0 Å². The SMILES string of the molecule is OC(CN1CCC2(CC1)CNc1cc(I)ccc12)C1CCN(c2ncc(-c3ccc(F)c(I)c3)o2)CC1. The lowest BCUT2D eigenvalue weighted by Crippen LogP contribution is -2.48. The van der Waals surface area contributed by atoms with Gasteiger partial charge in [0.25, 0.3) is 6.01 Å². The first kappa shape index (κ1) is 25.8. The van der Waals surface area contributed by atoms with Gasteiger partial charge in [0.15, 0.2) is 5.76 Å². The van der Waals surface area contributed by atoms with Crippen molar-refractivity contribution < 1.29 is 13.9 Å². The standard InChI is InChI=1S/C28H31FI2N4O2/c29-22-4-1-19(13-23(22)31)26-15-32-27(37-26)35-9-5-18(6-10-35)25(36)16-34-11-7-28(8-12-34)17-33-24-14-20(30)2-3-21(24)28/h1-4,13-15,18,25,33,36H,5-12,16-17H2. The summed E-state index contributed by atoms with van der Waals surface area (Å²) in [5, 5.41) is 14.7. The van der Waals surface area contributed by atoms with Gasteiger partial charge in [-0.2, -0.15) is 0 Å². The van der Waals surface area contributed by atoms with Crippen molar-refractivity contribution in [2.24, 2.45) is 5.92 Å². The number of nitrogens with one attached hydrogen (secondary N) is 1. The number of fused-ring (bicyclic) bond motifs is 2. The van der Waals surface area contributed by atoms with Gasteiger partial charge in [-0.25, -0.2) is 9.37 Å². The van der Waals surface area contributed by atoms with E-state index in [1.807, 2.05) is 22.6 Å². The molecular formula is C28H31FI2N4O2. The zero-order chi connectivity index (χ0) is 25.6. The van der Waals surface area contributed by atoms with Crippen LogP contribution < -0.4 is 10.2 Å². The Hall–Kier alpha value is -1.44. The molecule has 4 heterocycles. The van der Waals surface area contributed by atoms with Crippen LogP contribution in [0.2, 0.25) is 0 Å². The van der Waals surface area contributed by atoms with Crippen LogP contribution in [0.15, 0.2) is 47.0 Å². The van der Waals surface area contributed by atoms with Crippen LogP contribution in [-0.2, 0) is 5.41 Å². The summed E-state index contributed by atoms with van der Waals surface area (Å²) in [6, 6.07) is 12.3. The minimum Gasteiger partial charge on any atom is -0.423 e. The minimum atomic E-state index is -0.312. The maximum absolute atomic E-state index is 13.6. The molecule has 0 saturated carbocycles. The van der Waals surface area contributed by atoms with Gasteiger partial charge < -0.3 is 24.6 Å². The van der Waals surface area contributed by atoms with Crippen molar-refractivity contribution >= 4 is 56.9 Å². The third-order valence-electron chi connectivity index (χ3n) is 8.48. The van der Waals surface area contributed by atoms with E-state index in [9.17, 15) is 9.50 Å². The Balaban J connectivity index is 1.00. The van der Waals surface area contributed by atoms with E-state index in [1.165, 1.54) is 20.9 Å². The van der Waals surface area contributed by atoms with Crippen molar-refractivity contribution in [1.82, 2.24) is 9.88 Å². The molecule has 2 fully saturated rings. The molecule has 0 amide bonds. The molecule has 37 heavy (non-hydrogen) atoms. The summed E-state index contributed by atoms with van der Waals surface area (Å²) >= 11 is 4.37. The number of halogens is 3. The Morgan fingerprint density at radius 1 is 1.11 bits per heavy atom. The van der Waals surface area contributed by atoms with E-state index in [1.54, 1.807) is 18.3 Å². The molecule has 2 N–H and O–H groups in total. The predicted molar refractivity (Wildman–Crippen MR) is 161 cm³/mol. The van der Waals surface area contributed by atoms with E-state index < -0.39 is 0 Å². The summed E-state index contributed by atoms with van der Waals surface area (Å²) in [6.45, 7) is 5.47. The minimum absolute atomic E-state index is 0.232. The number of hydrogen-bond acceptors (Lipinski definition) is 6. The molecule has 2 aromatic carbocycles. The fourth-order valence-electron chi connectivity index (χ4n) is 6.18. The van der Waals surface area contributed by atoms with Crippen molar-refractivity contribution in [3.05, 3.63) is 61.1 Å². The van der Waals surface area contributed by atoms with Gasteiger partial charge in [0.2, 0.25) is 0 Å². The monoisotopic (exact) mass is 728 g/mol. The van der Waals surface area contributed by atoms with Gasteiger partial charge in [-0.1, -0.05) is 6.07 Å². The van der Waals surface area contributed by atoms with Crippen molar-refractivity contribution in [1.29, 1.82) is 0 Å². The first-order valence-corrected chi connectivity index (χ1v) is 15.2. The number of nitrogens with zero attached hydrogens (tertiary/aromatic N) is 3. The van der Waals surface area contributed by atoms with Crippen LogP contribution in [0.25, 0.3) is 11.3 Å². The third kappa shape index (κ3) is 5.25. The van der Waals surface area contributed by atoms with Crippen LogP contribution in [0.5, 0.6) is 0 Å². The fourth-order valence-corrected chi connectivity index (χ4v) is 7.18. The van der Waals surface area contributed by atoms with E-state index in [0.29, 0.717) is 15.3 Å². The number of aliphatic hydroxyl groups is 1. The zero-order valence-electron chi connectivity index (χ0n) is 20.6. The van der Waals surface area contributed by atoms with Crippen molar-refractivity contribution in [2.45, 2.75) is 37.2 Å². The van der Waals surface area contributed by atoms with Gasteiger partial charge in [-0.3, -0.25) is 0 Å². The number of anilines is 2. The van der Waals surface area contributed by atoms with Gasteiger partial charge in [-0.05, 0) is 126 Å². The van der Waals surface area contributed by atoms with Gasteiger partial charge in [0.05, 0.1) is 12.3 Å². The number of rotatable bonds is 5. The summed E-state index contributed by atoms with van der Waals surface area (Å²) < 4.78 is 21.5. The summed E-state index contributed by atoms with van der Waals surface area (Å²) in [5.74, 6) is 0.702. The summed E-state index contributed by atoms with van der Waals surface area (Å²) in [5.41, 5.74) is 3.85. The second-order valence-corrected chi connectivity index (χ2v) is 13.1. The van der Waals surface area contributed by atoms with Crippen LogP contribution in [-0.4, -0.2) is 60.4 Å². The molecule has 2 saturated heterocycles. The molecule has 3 aliphatic rings. The Morgan fingerprint density at radius 3 is 2.65 bits per heavy atom. The highest BCUT2D eigenvalue weighted by Crippen LogP contribution is 2.44.